The van der Waals surface area contributed by atoms with E-state index in [9.17, 15) is 14.9 Å². The van der Waals surface area contributed by atoms with Gasteiger partial charge in [0.1, 0.15) is 5.56 Å². The number of amides is 1. The van der Waals surface area contributed by atoms with Gasteiger partial charge in [0.05, 0.1) is 11.5 Å². The molecule has 1 saturated carbocycles. The van der Waals surface area contributed by atoms with Crippen molar-refractivity contribution in [1.29, 1.82) is 0 Å². The van der Waals surface area contributed by atoms with Gasteiger partial charge in [0.2, 0.25) is 0 Å². The van der Waals surface area contributed by atoms with Crippen LogP contribution in [0.4, 0.5) is 11.4 Å². The molecule has 1 aromatic carbocycles. The van der Waals surface area contributed by atoms with Crippen LogP contribution in [0, 0.1) is 10.1 Å². The highest BCUT2D eigenvalue weighted by Crippen LogP contribution is 2.31. The lowest BCUT2D eigenvalue weighted by Crippen LogP contribution is -2.35. The topological polar surface area (TPSA) is 122 Å². The number of nitro benzene ring substituents is 1. The maximum Gasteiger partial charge on any atom is 0.282 e. The van der Waals surface area contributed by atoms with Crippen LogP contribution < -0.4 is 11.3 Å². The van der Waals surface area contributed by atoms with Gasteiger partial charge in [0.15, 0.2) is 0 Å². The predicted octanol–water partition coefficient (Wildman–Crippen LogP) is 0.477. The highest BCUT2D eigenvalue weighted by atomic mass is 16.6. The first-order valence-electron chi connectivity index (χ1n) is 6.25. The van der Waals surface area contributed by atoms with Crippen molar-refractivity contribution in [3.8, 4) is 0 Å². The van der Waals surface area contributed by atoms with E-state index in [1.54, 1.807) is 0 Å². The number of nitro groups is 1. The molecule has 8 nitrogen and oxygen atoms in total. The fourth-order valence-electron chi connectivity index (χ4n) is 2.05. The quantitative estimate of drug-likeness (QED) is 0.396. The summed E-state index contributed by atoms with van der Waals surface area (Å²) in [5, 5.41) is 20.1. The summed E-state index contributed by atoms with van der Waals surface area (Å²) in [6.45, 7) is -0.00813. The van der Waals surface area contributed by atoms with Gasteiger partial charge in [-0.2, -0.15) is 0 Å². The second kappa shape index (κ2) is 5.85. The van der Waals surface area contributed by atoms with Crippen molar-refractivity contribution in [2.75, 3.05) is 18.6 Å². The van der Waals surface area contributed by atoms with Crippen LogP contribution in [0.1, 0.15) is 23.2 Å². The van der Waals surface area contributed by atoms with Gasteiger partial charge in [0.25, 0.3) is 11.6 Å². The van der Waals surface area contributed by atoms with Crippen LogP contribution in [0.3, 0.4) is 0 Å². The molecule has 0 radical (unpaired) electrons. The van der Waals surface area contributed by atoms with E-state index in [1.165, 1.54) is 23.1 Å². The number of hydrazine groups is 1. The van der Waals surface area contributed by atoms with Crippen LogP contribution in [0.15, 0.2) is 18.2 Å². The average Bonchev–Trinajstić information content (AvgIpc) is 3.27. The van der Waals surface area contributed by atoms with E-state index in [1.807, 2.05) is 0 Å². The molecule has 1 fully saturated rings. The fraction of sp³-hybridized carbons (Fsp3) is 0.417. The van der Waals surface area contributed by atoms with Crippen molar-refractivity contribution in [1.82, 2.24) is 4.90 Å². The molecule has 1 aromatic rings. The van der Waals surface area contributed by atoms with Gasteiger partial charge in [-0.1, -0.05) is 0 Å². The van der Waals surface area contributed by atoms with E-state index < -0.39 is 10.8 Å². The molecule has 0 aromatic heterocycles. The number of benzene rings is 1. The van der Waals surface area contributed by atoms with Gasteiger partial charge in [0, 0.05) is 24.3 Å². The number of nitrogen functional groups attached to an aromatic ring is 1. The monoisotopic (exact) mass is 280 g/mol. The lowest BCUT2D eigenvalue weighted by atomic mass is 10.1. The molecule has 108 valence electrons. The molecule has 0 bridgehead atoms. The SMILES string of the molecule is NNc1ccc([N+](=O)[O-])c(C(=O)N(CCO)C2CC2)c1. The third-order valence-corrected chi connectivity index (χ3v) is 3.18. The number of anilines is 1. The molecule has 0 spiro atoms. The molecule has 20 heavy (non-hydrogen) atoms. The minimum atomic E-state index is -0.600. The van der Waals surface area contributed by atoms with Gasteiger partial charge in [-0.15, -0.1) is 0 Å². The molecule has 0 saturated heterocycles. The minimum Gasteiger partial charge on any atom is -0.395 e. The first-order chi connectivity index (χ1) is 9.58. The van der Waals surface area contributed by atoms with E-state index in [0.717, 1.165) is 12.8 Å². The molecular weight excluding hydrogens is 264 g/mol. The molecule has 1 aliphatic rings. The van der Waals surface area contributed by atoms with Crippen molar-refractivity contribution in [2.24, 2.45) is 5.84 Å². The van der Waals surface area contributed by atoms with Gasteiger partial charge in [-0.05, 0) is 25.0 Å². The smallest absolute Gasteiger partial charge is 0.282 e. The maximum absolute atomic E-state index is 12.5. The number of nitrogens with one attached hydrogen (secondary N) is 1. The summed E-state index contributed by atoms with van der Waals surface area (Å²) in [6.07, 6.45) is 1.71. The maximum atomic E-state index is 12.5. The second-order valence-electron chi connectivity index (χ2n) is 4.59. The van der Waals surface area contributed by atoms with Crippen molar-refractivity contribution in [3.63, 3.8) is 0 Å². The molecule has 2 rings (SSSR count). The Balaban J connectivity index is 2.37. The Labute approximate surface area is 115 Å². The molecular formula is C12H16N4O4. The highest BCUT2D eigenvalue weighted by molar-refractivity contribution is 5.99. The number of carbonyl (C=O) groups is 1. The number of hydrogen-bond donors (Lipinski definition) is 3. The minimum absolute atomic E-state index is 0.0224. The number of aliphatic hydroxyl groups is 1. The van der Waals surface area contributed by atoms with E-state index >= 15 is 0 Å². The van der Waals surface area contributed by atoms with Crippen LogP contribution in [0.2, 0.25) is 0 Å². The molecule has 0 unspecified atom stereocenters. The van der Waals surface area contributed by atoms with Crippen molar-refractivity contribution >= 4 is 17.3 Å². The van der Waals surface area contributed by atoms with E-state index in [4.69, 9.17) is 10.9 Å². The van der Waals surface area contributed by atoms with Gasteiger partial charge in [-0.25, -0.2) is 0 Å². The second-order valence-corrected chi connectivity index (χ2v) is 4.59. The Hall–Kier alpha value is -2.19. The Morgan fingerprint density at radius 3 is 2.75 bits per heavy atom. The zero-order chi connectivity index (χ0) is 14.7. The van der Waals surface area contributed by atoms with Gasteiger partial charge in [-0.3, -0.25) is 20.8 Å². The van der Waals surface area contributed by atoms with E-state index in [2.05, 4.69) is 5.43 Å². The Morgan fingerprint density at radius 2 is 2.25 bits per heavy atom. The molecule has 0 heterocycles. The van der Waals surface area contributed by atoms with Crippen LogP contribution in [0.25, 0.3) is 0 Å². The third kappa shape index (κ3) is 2.86. The largest absolute Gasteiger partial charge is 0.395 e. The average molecular weight is 280 g/mol. The molecule has 8 heteroatoms. The predicted molar refractivity (Wildman–Crippen MR) is 72.1 cm³/mol. The number of hydrogen-bond acceptors (Lipinski definition) is 6. The number of rotatable bonds is 6. The van der Waals surface area contributed by atoms with Crippen molar-refractivity contribution in [3.05, 3.63) is 33.9 Å². The summed E-state index contributed by atoms with van der Waals surface area (Å²) in [5.41, 5.74) is 2.49. The molecule has 1 aliphatic carbocycles. The lowest BCUT2D eigenvalue weighted by molar-refractivity contribution is -0.385. The van der Waals surface area contributed by atoms with Crippen LogP contribution in [-0.4, -0.2) is 40.0 Å². The van der Waals surface area contributed by atoms with Crippen molar-refractivity contribution in [2.45, 2.75) is 18.9 Å². The summed E-state index contributed by atoms with van der Waals surface area (Å²) in [7, 11) is 0. The van der Waals surface area contributed by atoms with Crippen LogP contribution in [-0.2, 0) is 0 Å². The number of aliphatic hydroxyl groups excluding tert-OH is 1. The number of carbonyl (C=O) groups excluding carboxylic acids is 1. The number of nitrogens with two attached hydrogens (primary N) is 1. The Morgan fingerprint density at radius 1 is 1.55 bits per heavy atom. The van der Waals surface area contributed by atoms with Gasteiger partial charge < -0.3 is 15.4 Å². The van der Waals surface area contributed by atoms with Crippen molar-refractivity contribution < 1.29 is 14.8 Å². The molecule has 0 aliphatic heterocycles. The summed E-state index contributed by atoms with van der Waals surface area (Å²) >= 11 is 0. The standard InChI is InChI=1S/C12H16N4O4/c13-14-8-1-4-11(16(19)20)10(7-8)12(18)15(5-6-17)9-2-3-9/h1,4,7,9,14,17H,2-3,5-6,13H2. The zero-order valence-electron chi connectivity index (χ0n) is 10.8. The first-order valence-corrected chi connectivity index (χ1v) is 6.25. The Bertz CT molecular complexity index is 530. The summed E-state index contributed by atoms with van der Waals surface area (Å²) in [4.78, 5) is 24.4. The molecule has 4 N–H and O–H groups in total. The molecule has 0 atom stereocenters. The van der Waals surface area contributed by atoms with E-state index in [-0.39, 0.29) is 30.4 Å². The highest BCUT2D eigenvalue weighted by Gasteiger charge is 2.35. The van der Waals surface area contributed by atoms with E-state index in [0.29, 0.717) is 5.69 Å². The number of nitrogens with zero attached hydrogens (tertiary/aromatic N) is 2. The molecule has 1 amide bonds. The normalized spacial score (nSPS) is 13.9. The van der Waals surface area contributed by atoms with Crippen LogP contribution >= 0.6 is 0 Å². The summed E-state index contributed by atoms with van der Waals surface area (Å²) < 4.78 is 0. The van der Waals surface area contributed by atoms with Gasteiger partial charge >= 0.3 is 0 Å². The summed E-state index contributed by atoms with van der Waals surface area (Å²) in [6, 6.07) is 4.09. The first kappa shape index (κ1) is 14.2. The lowest BCUT2D eigenvalue weighted by Gasteiger charge is -2.21. The summed E-state index contributed by atoms with van der Waals surface area (Å²) in [5.74, 6) is 4.81. The Kier molecular flexibility index (Phi) is 4.16. The zero-order valence-corrected chi connectivity index (χ0v) is 10.8. The third-order valence-electron chi connectivity index (χ3n) is 3.18. The van der Waals surface area contributed by atoms with Crippen LogP contribution in [0.5, 0.6) is 0 Å². The fourth-order valence-corrected chi connectivity index (χ4v) is 2.05.